The summed E-state index contributed by atoms with van der Waals surface area (Å²) in [6, 6.07) is 21.3. The fraction of sp³-hybridized carbons (Fsp3) is 0.192. The van der Waals surface area contributed by atoms with E-state index >= 15 is 0 Å². The molecule has 3 aromatic carbocycles. The van der Waals surface area contributed by atoms with Crippen molar-refractivity contribution >= 4 is 22.6 Å². The van der Waals surface area contributed by atoms with Gasteiger partial charge in [-0.2, -0.15) is 0 Å². The first-order valence-electron chi connectivity index (χ1n) is 10.3. The van der Waals surface area contributed by atoms with Crippen LogP contribution in [-0.2, 0) is 13.0 Å². The van der Waals surface area contributed by atoms with Crippen LogP contribution in [-0.4, -0.2) is 18.2 Å². The lowest BCUT2D eigenvalue weighted by Crippen LogP contribution is -2.33. The van der Waals surface area contributed by atoms with Gasteiger partial charge >= 0.3 is 0 Å². The molecule has 5 rings (SSSR count). The van der Waals surface area contributed by atoms with Crippen molar-refractivity contribution in [3.63, 3.8) is 0 Å². The third-order valence-corrected chi connectivity index (χ3v) is 6.03. The molecule has 156 valence electrons. The van der Waals surface area contributed by atoms with Crippen molar-refractivity contribution in [3.8, 4) is 16.9 Å². The van der Waals surface area contributed by atoms with Crippen LogP contribution in [0, 0.1) is 6.92 Å². The van der Waals surface area contributed by atoms with Crippen LogP contribution < -0.4 is 10.2 Å². The predicted molar refractivity (Wildman–Crippen MR) is 124 cm³/mol. The van der Waals surface area contributed by atoms with E-state index in [4.69, 9.17) is 20.8 Å². The molecule has 1 aliphatic rings. The quantitative estimate of drug-likeness (QED) is 0.408. The van der Waals surface area contributed by atoms with Crippen LogP contribution >= 0.6 is 11.6 Å². The molecule has 2 heterocycles. The average Bonchev–Trinajstić information content (AvgIpc) is 2.79. The largest absolute Gasteiger partial charge is 0.478 e. The predicted octanol–water partition coefficient (Wildman–Crippen LogP) is 5.82. The standard InChI is InChI=1S/C26H22ClNO3/c1-17-24(19-5-3-2-4-6-19)25(29)21-11-12-23-22(26(21)31-17)15-28(16-30-23)14-13-18-7-9-20(27)10-8-18/h2-12H,13-16H2,1H3. The Kier molecular flexibility index (Phi) is 5.26. The first-order chi connectivity index (χ1) is 15.1. The van der Waals surface area contributed by atoms with E-state index in [9.17, 15) is 4.79 Å². The van der Waals surface area contributed by atoms with Gasteiger partial charge in [0.2, 0.25) is 5.43 Å². The van der Waals surface area contributed by atoms with Gasteiger partial charge in [-0.3, -0.25) is 9.69 Å². The maximum absolute atomic E-state index is 13.3. The lowest BCUT2D eigenvalue weighted by atomic mass is 10.0. The van der Waals surface area contributed by atoms with Crippen molar-refractivity contribution in [1.82, 2.24) is 4.90 Å². The van der Waals surface area contributed by atoms with Crippen LogP contribution in [0.1, 0.15) is 16.9 Å². The Hall–Kier alpha value is -3.08. The van der Waals surface area contributed by atoms with Gasteiger partial charge in [-0.05, 0) is 48.7 Å². The molecule has 4 aromatic rings. The third-order valence-electron chi connectivity index (χ3n) is 5.77. The summed E-state index contributed by atoms with van der Waals surface area (Å²) in [5.74, 6) is 1.40. The van der Waals surface area contributed by atoms with Gasteiger partial charge in [-0.1, -0.05) is 54.1 Å². The molecule has 5 heteroatoms. The number of halogens is 1. The molecular formula is C26H22ClNO3. The van der Waals surface area contributed by atoms with Gasteiger partial charge in [0, 0.05) is 18.1 Å². The molecule has 0 saturated heterocycles. The number of benzene rings is 3. The fourth-order valence-electron chi connectivity index (χ4n) is 4.14. The van der Waals surface area contributed by atoms with Crippen LogP contribution in [0.25, 0.3) is 22.1 Å². The maximum Gasteiger partial charge on any atom is 0.200 e. The van der Waals surface area contributed by atoms with E-state index < -0.39 is 0 Å². The number of nitrogens with zero attached hydrogens (tertiary/aromatic N) is 1. The molecule has 4 nitrogen and oxygen atoms in total. The Balaban J connectivity index is 1.47. The first-order valence-corrected chi connectivity index (χ1v) is 10.7. The second-order valence-electron chi connectivity index (χ2n) is 7.85. The molecule has 0 unspecified atom stereocenters. The van der Waals surface area contributed by atoms with E-state index in [0.29, 0.717) is 35.6 Å². The molecule has 1 aliphatic heterocycles. The van der Waals surface area contributed by atoms with Gasteiger partial charge in [0.25, 0.3) is 0 Å². The highest BCUT2D eigenvalue weighted by atomic mass is 35.5. The second kappa shape index (κ2) is 8.22. The molecule has 1 aromatic heterocycles. The Labute approximate surface area is 185 Å². The summed E-state index contributed by atoms with van der Waals surface area (Å²) < 4.78 is 12.2. The van der Waals surface area contributed by atoms with Crippen molar-refractivity contribution in [2.45, 2.75) is 19.9 Å². The number of hydrogen-bond acceptors (Lipinski definition) is 4. The van der Waals surface area contributed by atoms with Gasteiger partial charge < -0.3 is 9.15 Å². The second-order valence-corrected chi connectivity index (χ2v) is 8.29. The minimum Gasteiger partial charge on any atom is -0.478 e. The monoisotopic (exact) mass is 431 g/mol. The van der Waals surface area contributed by atoms with E-state index in [0.717, 1.165) is 34.9 Å². The van der Waals surface area contributed by atoms with Crippen LogP contribution in [0.5, 0.6) is 5.75 Å². The summed E-state index contributed by atoms with van der Waals surface area (Å²) in [7, 11) is 0. The molecule has 0 atom stereocenters. The van der Waals surface area contributed by atoms with E-state index in [2.05, 4.69) is 4.90 Å². The maximum atomic E-state index is 13.3. The van der Waals surface area contributed by atoms with Crippen molar-refractivity contribution in [2.24, 2.45) is 0 Å². The Morgan fingerprint density at radius 2 is 1.77 bits per heavy atom. The molecule has 0 aliphatic carbocycles. The summed E-state index contributed by atoms with van der Waals surface area (Å²) in [5, 5.41) is 1.33. The lowest BCUT2D eigenvalue weighted by Gasteiger charge is -2.29. The molecular weight excluding hydrogens is 410 g/mol. The number of aryl methyl sites for hydroxylation is 1. The van der Waals surface area contributed by atoms with E-state index in [1.807, 2.05) is 73.7 Å². The van der Waals surface area contributed by atoms with E-state index in [-0.39, 0.29) is 5.43 Å². The number of ether oxygens (including phenoxy) is 1. The Morgan fingerprint density at radius 1 is 1.00 bits per heavy atom. The van der Waals surface area contributed by atoms with Gasteiger partial charge in [0.15, 0.2) is 0 Å². The van der Waals surface area contributed by atoms with Crippen molar-refractivity contribution in [1.29, 1.82) is 0 Å². The van der Waals surface area contributed by atoms with E-state index in [1.54, 1.807) is 0 Å². The lowest BCUT2D eigenvalue weighted by molar-refractivity contribution is 0.0968. The summed E-state index contributed by atoms with van der Waals surface area (Å²) in [6.45, 7) is 3.87. The smallest absolute Gasteiger partial charge is 0.200 e. The molecule has 0 bridgehead atoms. The minimum atomic E-state index is -0.00830. The zero-order valence-electron chi connectivity index (χ0n) is 17.2. The number of rotatable bonds is 4. The van der Waals surface area contributed by atoms with Crippen LogP contribution in [0.4, 0.5) is 0 Å². The highest BCUT2D eigenvalue weighted by Crippen LogP contribution is 2.33. The van der Waals surface area contributed by atoms with Crippen molar-refractivity contribution in [2.75, 3.05) is 13.3 Å². The van der Waals surface area contributed by atoms with E-state index in [1.165, 1.54) is 5.56 Å². The Bertz CT molecular complexity index is 1300. The van der Waals surface area contributed by atoms with Crippen LogP contribution in [0.3, 0.4) is 0 Å². The van der Waals surface area contributed by atoms with Crippen LogP contribution in [0.15, 0.2) is 75.9 Å². The van der Waals surface area contributed by atoms with Crippen LogP contribution in [0.2, 0.25) is 5.02 Å². The zero-order valence-corrected chi connectivity index (χ0v) is 18.0. The fourth-order valence-corrected chi connectivity index (χ4v) is 4.27. The molecule has 0 N–H and O–H groups in total. The van der Waals surface area contributed by atoms with Gasteiger partial charge in [-0.15, -0.1) is 0 Å². The summed E-state index contributed by atoms with van der Waals surface area (Å²) >= 11 is 5.98. The van der Waals surface area contributed by atoms with Crippen molar-refractivity contribution in [3.05, 3.63) is 98.9 Å². The average molecular weight is 432 g/mol. The Morgan fingerprint density at radius 3 is 2.55 bits per heavy atom. The van der Waals surface area contributed by atoms with Crippen molar-refractivity contribution < 1.29 is 9.15 Å². The molecule has 0 radical (unpaired) electrons. The molecule has 0 fully saturated rings. The summed E-state index contributed by atoms with van der Waals surface area (Å²) in [4.78, 5) is 15.5. The highest BCUT2D eigenvalue weighted by Gasteiger charge is 2.23. The molecule has 0 saturated carbocycles. The number of hydrogen-bond donors (Lipinski definition) is 0. The van der Waals surface area contributed by atoms with Gasteiger partial charge in [0.05, 0.1) is 16.5 Å². The third kappa shape index (κ3) is 3.85. The number of fused-ring (bicyclic) bond motifs is 3. The normalized spacial score (nSPS) is 13.7. The van der Waals surface area contributed by atoms with Gasteiger partial charge in [-0.25, -0.2) is 0 Å². The minimum absolute atomic E-state index is 0.00830. The molecule has 31 heavy (non-hydrogen) atoms. The topological polar surface area (TPSA) is 42.7 Å². The van der Waals surface area contributed by atoms with Gasteiger partial charge in [0.1, 0.15) is 23.8 Å². The molecule has 0 amide bonds. The molecule has 0 spiro atoms. The summed E-state index contributed by atoms with van der Waals surface area (Å²) in [6.07, 6.45) is 0.891. The SMILES string of the molecule is Cc1oc2c3c(ccc2c(=O)c1-c1ccccc1)OCN(CCc1ccc(Cl)cc1)C3. The first kappa shape index (κ1) is 19.9. The highest BCUT2D eigenvalue weighted by molar-refractivity contribution is 6.30. The summed E-state index contributed by atoms with van der Waals surface area (Å²) in [5.41, 5.74) is 4.25. The zero-order chi connectivity index (χ0) is 21.4.